The SMILES string of the molecule is CC.CC(=O)CCNC(=O)CCNC(=O)OC(C)(C)C. The van der Waals surface area contributed by atoms with Crippen molar-refractivity contribution in [1.29, 1.82) is 0 Å². The third kappa shape index (κ3) is 16.4. The van der Waals surface area contributed by atoms with Crippen molar-refractivity contribution in [2.75, 3.05) is 13.1 Å². The van der Waals surface area contributed by atoms with Crippen molar-refractivity contribution < 1.29 is 19.1 Å². The summed E-state index contributed by atoms with van der Waals surface area (Å²) in [6, 6.07) is 0. The first-order chi connectivity index (χ1) is 9.20. The fraction of sp³-hybridized carbons (Fsp3) is 0.786. The van der Waals surface area contributed by atoms with Gasteiger partial charge in [0.05, 0.1) is 0 Å². The van der Waals surface area contributed by atoms with Crippen LogP contribution in [0, 0.1) is 0 Å². The van der Waals surface area contributed by atoms with Gasteiger partial charge in [0, 0.05) is 25.9 Å². The Bertz CT molecular complexity index is 309. The summed E-state index contributed by atoms with van der Waals surface area (Å²) in [6.07, 6.45) is -0.0541. The molecule has 0 aromatic heterocycles. The van der Waals surface area contributed by atoms with Crippen molar-refractivity contribution in [1.82, 2.24) is 10.6 Å². The van der Waals surface area contributed by atoms with E-state index in [9.17, 15) is 14.4 Å². The number of Topliss-reactive ketones (excluding diaryl/α,β-unsaturated/α-hetero) is 1. The van der Waals surface area contributed by atoms with Crippen LogP contribution in [0.1, 0.15) is 54.4 Å². The van der Waals surface area contributed by atoms with Crippen LogP contribution in [0.15, 0.2) is 0 Å². The molecule has 0 aromatic rings. The van der Waals surface area contributed by atoms with Crippen molar-refractivity contribution in [2.45, 2.75) is 60.0 Å². The number of amides is 2. The molecule has 0 saturated carbocycles. The molecule has 0 aliphatic heterocycles. The van der Waals surface area contributed by atoms with Crippen molar-refractivity contribution in [3.05, 3.63) is 0 Å². The molecule has 20 heavy (non-hydrogen) atoms. The van der Waals surface area contributed by atoms with Gasteiger partial charge < -0.3 is 15.4 Å². The monoisotopic (exact) mass is 288 g/mol. The van der Waals surface area contributed by atoms with E-state index in [-0.39, 0.29) is 24.7 Å². The van der Waals surface area contributed by atoms with Crippen molar-refractivity contribution in [3.63, 3.8) is 0 Å². The van der Waals surface area contributed by atoms with Crippen LogP contribution in [0.25, 0.3) is 0 Å². The maximum absolute atomic E-state index is 11.3. The Hall–Kier alpha value is -1.59. The maximum atomic E-state index is 11.3. The van der Waals surface area contributed by atoms with E-state index in [4.69, 9.17) is 4.74 Å². The average molecular weight is 288 g/mol. The minimum absolute atomic E-state index is 0.0298. The molecule has 0 rings (SSSR count). The van der Waals surface area contributed by atoms with Gasteiger partial charge >= 0.3 is 6.09 Å². The third-order valence-corrected chi connectivity index (χ3v) is 1.82. The number of carbonyl (C=O) groups is 3. The van der Waals surface area contributed by atoms with Gasteiger partial charge in [-0.1, -0.05) is 13.8 Å². The Morgan fingerprint density at radius 2 is 1.45 bits per heavy atom. The largest absolute Gasteiger partial charge is 0.444 e. The molecule has 0 heterocycles. The predicted octanol–water partition coefficient (Wildman–Crippen LogP) is 2.02. The molecule has 0 aliphatic carbocycles. The number of ether oxygens (including phenoxy) is 1. The first-order valence-electron chi connectivity index (χ1n) is 6.93. The Morgan fingerprint density at radius 1 is 0.950 bits per heavy atom. The summed E-state index contributed by atoms with van der Waals surface area (Å²) in [6.45, 7) is 11.3. The van der Waals surface area contributed by atoms with Gasteiger partial charge in [-0.25, -0.2) is 4.79 Å². The zero-order valence-corrected chi connectivity index (χ0v) is 13.5. The highest BCUT2D eigenvalue weighted by atomic mass is 16.6. The predicted molar refractivity (Wildman–Crippen MR) is 78.5 cm³/mol. The first kappa shape index (κ1) is 20.7. The zero-order chi connectivity index (χ0) is 16.2. The van der Waals surface area contributed by atoms with Crippen molar-refractivity contribution in [3.8, 4) is 0 Å². The molecular weight excluding hydrogens is 260 g/mol. The summed E-state index contributed by atoms with van der Waals surface area (Å²) in [5, 5.41) is 5.06. The van der Waals surface area contributed by atoms with Gasteiger partial charge in [-0.15, -0.1) is 0 Å². The smallest absolute Gasteiger partial charge is 0.407 e. The molecule has 2 N–H and O–H groups in total. The van der Waals surface area contributed by atoms with Crippen LogP contribution in [0.5, 0.6) is 0 Å². The van der Waals surface area contributed by atoms with Gasteiger partial charge in [0.25, 0.3) is 0 Å². The van der Waals surface area contributed by atoms with E-state index in [0.29, 0.717) is 13.0 Å². The molecule has 0 unspecified atom stereocenters. The van der Waals surface area contributed by atoms with Gasteiger partial charge in [0.2, 0.25) is 5.91 Å². The normalized spacial score (nSPS) is 9.90. The molecule has 0 atom stereocenters. The maximum Gasteiger partial charge on any atom is 0.407 e. The number of hydrogen-bond acceptors (Lipinski definition) is 4. The lowest BCUT2D eigenvalue weighted by atomic mass is 10.2. The van der Waals surface area contributed by atoms with Gasteiger partial charge in [-0.2, -0.15) is 0 Å². The number of carbonyl (C=O) groups excluding carboxylic acids is 3. The minimum atomic E-state index is -0.548. The highest BCUT2D eigenvalue weighted by molar-refractivity contribution is 5.79. The molecule has 118 valence electrons. The van der Waals surface area contributed by atoms with E-state index < -0.39 is 11.7 Å². The highest BCUT2D eigenvalue weighted by Gasteiger charge is 2.15. The van der Waals surface area contributed by atoms with Crippen LogP contribution < -0.4 is 10.6 Å². The lowest BCUT2D eigenvalue weighted by Crippen LogP contribution is -2.35. The number of nitrogens with one attached hydrogen (secondary N) is 2. The molecule has 0 bridgehead atoms. The summed E-state index contributed by atoms with van der Waals surface area (Å²) in [5.41, 5.74) is -0.548. The zero-order valence-electron chi connectivity index (χ0n) is 13.5. The van der Waals surface area contributed by atoms with E-state index in [0.717, 1.165) is 0 Å². The molecule has 0 fully saturated rings. The molecule has 2 amide bonds. The highest BCUT2D eigenvalue weighted by Crippen LogP contribution is 2.06. The molecule has 6 heteroatoms. The van der Waals surface area contributed by atoms with Crippen LogP contribution in [0.3, 0.4) is 0 Å². The van der Waals surface area contributed by atoms with Crippen molar-refractivity contribution >= 4 is 17.8 Å². The fourth-order valence-corrected chi connectivity index (χ4v) is 1.06. The molecule has 0 aromatic carbocycles. The van der Waals surface area contributed by atoms with Crippen LogP contribution in [-0.2, 0) is 14.3 Å². The first-order valence-corrected chi connectivity index (χ1v) is 6.93. The molecule has 0 saturated heterocycles. The summed E-state index contributed by atoms with van der Waals surface area (Å²) in [5.74, 6) is -0.172. The second kappa shape index (κ2) is 11.3. The average Bonchev–Trinajstić information content (AvgIpc) is 2.28. The van der Waals surface area contributed by atoms with Crippen molar-refractivity contribution in [2.24, 2.45) is 0 Å². The summed E-state index contributed by atoms with van der Waals surface area (Å²) in [4.78, 5) is 33.1. The summed E-state index contributed by atoms with van der Waals surface area (Å²) in [7, 11) is 0. The minimum Gasteiger partial charge on any atom is -0.444 e. The molecule has 0 aliphatic rings. The van der Waals surface area contributed by atoms with E-state index in [1.807, 2.05) is 13.8 Å². The van der Waals surface area contributed by atoms with E-state index >= 15 is 0 Å². The topological polar surface area (TPSA) is 84.5 Å². The molecule has 0 spiro atoms. The molecular formula is C14H28N2O4. The number of hydrogen-bond donors (Lipinski definition) is 2. The van der Waals surface area contributed by atoms with Gasteiger partial charge in [0.15, 0.2) is 0 Å². The number of rotatable bonds is 6. The fourth-order valence-electron chi connectivity index (χ4n) is 1.06. The van der Waals surface area contributed by atoms with E-state index in [1.54, 1.807) is 20.8 Å². The number of alkyl carbamates (subject to hydrolysis) is 1. The van der Waals surface area contributed by atoms with Gasteiger partial charge in [-0.05, 0) is 27.7 Å². The number of ketones is 1. The molecule has 0 radical (unpaired) electrons. The Kier molecular flexibility index (Phi) is 11.7. The summed E-state index contributed by atoms with van der Waals surface area (Å²) >= 11 is 0. The Labute approximate surface area is 121 Å². The Morgan fingerprint density at radius 3 is 1.90 bits per heavy atom. The second-order valence-corrected chi connectivity index (χ2v) is 4.98. The summed E-state index contributed by atoms with van der Waals surface area (Å²) < 4.78 is 5.01. The van der Waals surface area contributed by atoms with Crippen LogP contribution >= 0.6 is 0 Å². The lowest BCUT2D eigenvalue weighted by Gasteiger charge is -2.19. The van der Waals surface area contributed by atoms with Gasteiger partial charge in [0.1, 0.15) is 11.4 Å². The lowest BCUT2D eigenvalue weighted by molar-refractivity contribution is -0.121. The Balaban J connectivity index is 0. The standard InChI is InChI=1S/C12H22N2O4.C2H6/c1-9(15)5-7-13-10(16)6-8-14-11(17)18-12(2,3)4;1-2/h5-8H2,1-4H3,(H,13,16)(H,14,17);1-2H3. The van der Waals surface area contributed by atoms with Crippen LogP contribution in [0.4, 0.5) is 4.79 Å². The molecule has 6 nitrogen and oxygen atoms in total. The van der Waals surface area contributed by atoms with E-state index in [1.165, 1.54) is 6.92 Å². The van der Waals surface area contributed by atoms with Crippen LogP contribution in [-0.4, -0.2) is 36.5 Å². The van der Waals surface area contributed by atoms with Gasteiger partial charge in [-0.3, -0.25) is 9.59 Å². The van der Waals surface area contributed by atoms with E-state index in [2.05, 4.69) is 10.6 Å². The quantitative estimate of drug-likeness (QED) is 0.783. The second-order valence-electron chi connectivity index (χ2n) is 4.98. The third-order valence-electron chi connectivity index (χ3n) is 1.82. The van der Waals surface area contributed by atoms with Crippen LogP contribution in [0.2, 0.25) is 0 Å².